The van der Waals surface area contributed by atoms with E-state index in [0.29, 0.717) is 24.0 Å². The van der Waals surface area contributed by atoms with Crippen LogP contribution >= 0.6 is 0 Å². The van der Waals surface area contributed by atoms with E-state index in [1.165, 1.54) is 0 Å². The van der Waals surface area contributed by atoms with Gasteiger partial charge in [0.05, 0.1) is 20.3 Å². The number of nitrogens with zero attached hydrogens (tertiary/aromatic N) is 1. The molecule has 0 saturated carbocycles. The van der Waals surface area contributed by atoms with Gasteiger partial charge in [-0.1, -0.05) is 19.1 Å². The summed E-state index contributed by atoms with van der Waals surface area (Å²) >= 11 is 0. The Bertz CT molecular complexity index is 489. The monoisotopic (exact) mass is 322 g/mol. The fourth-order valence-corrected chi connectivity index (χ4v) is 2.51. The van der Waals surface area contributed by atoms with E-state index in [0.717, 1.165) is 32.8 Å². The third-order valence-corrected chi connectivity index (χ3v) is 3.75. The van der Waals surface area contributed by atoms with Crippen LogP contribution in [0.3, 0.4) is 0 Å². The van der Waals surface area contributed by atoms with Crippen LogP contribution in [-0.2, 0) is 9.53 Å². The summed E-state index contributed by atoms with van der Waals surface area (Å²) in [5.74, 6) is 1.47. The van der Waals surface area contributed by atoms with E-state index in [2.05, 4.69) is 17.1 Å². The standard InChI is InChI=1S/C17H26N2O4/c1-14(12-19-7-9-22-10-8-19)11-18-17(20)13-23-16-6-4-3-5-15(16)21-2/h3-6,14H,7-13H2,1-2H3,(H,18,20). The van der Waals surface area contributed by atoms with E-state index in [4.69, 9.17) is 14.2 Å². The number of carbonyl (C=O) groups is 1. The number of hydrogen-bond acceptors (Lipinski definition) is 5. The summed E-state index contributed by atoms with van der Waals surface area (Å²) in [5.41, 5.74) is 0. The third-order valence-electron chi connectivity index (χ3n) is 3.75. The van der Waals surface area contributed by atoms with Gasteiger partial charge in [-0.3, -0.25) is 9.69 Å². The minimum absolute atomic E-state index is 0.00928. The molecule has 1 unspecified atom stereocenters. The molecule has 1 saturated heterocycles. The zero-order valence-electron chi connectivity index (χ0n) is 13.9. The van der Waals surface area contributed by atoms with Gasteiger partial charge < -0.3 is 19.5 Å². The van der Waals surface area contributed by atoms with Crippen molar-refractivity contribution in [3.63, 3.8) is 0 Å². The van der Waals surface area contributed by atoms with E-state index in [9.17, 15) is 4.79 Å². The molecule has 2 rings (SSSR count). The summed E-state index contributed by atoms with van der Waals surface area (Å²) in [4.78, 5) is 14.3. The minimum Gasteiger partial charge on any atom is -0.493 e. The Morgan fingerprint density at radius 3 is 2.70 bits per heavy atom. The number of hydrogen-bond donors (Lipinski definition) is 1. The average Bonchev–Trinajstić information content (AvgIpc) is 2.59. The number of nitrogens with one attached hydrogen (secondary N) is 1. The first-order valence-electron chi connectivity index (χ1n) is 8.01. The highest BCUT2D eigenvalue weighted by atomic mass is 16.5. The molecule has 23 heavy (non-hydrogen) atoms. The van der Waals surface area contributed by atoms with E-state index in [1.807, 2.05) is 12.1 Å². The zero-order valence-corrected chi connectivity index (χ0v) is 13.9. The quantitative estimate of drug-likeness (QED) is 0.778. The molecule has 1 aromatic carbocycles. The minimum atomic E-state index is -0.121. The first-order valence-corrected chi connectivity index (χ1v) is 8.01. The maximum absolute atomic E-state index is 11.9. The molecule has 1 N–H and O–H groups in total. The zero-order chi connectivity index (χ0) is 16.5. The van der Waals surface area contributed by atoms with Crippen molar-refractivity contribution >= 4 is 5.91 Å². The highest BCUT2D eigenvalue weighted by Crippen LogP contribution is 2.25. The fourth-order valence-electron chi connectivity index (χ4n) is 2.51. The number of methoxy groups -OCH3 is 1. The highest BCUT2D eigenvalue weighted by Gasteiger charge is 2.14. The highest BCUT2D eigenvalue weighted by molar-refractivity contribution is 5.77. The average molecular weight is 322 g/mol. The normalized spacial score (nSPS) is 16.6. The van der Waals surface area contributed by atoms with Crippen molar-refractivity contribution in [2.75, 3.05) is 53.1 Å². The van der Waals surface area contributed by atoms with Gasteiger partial charge in [-0.2, -0.15) is 0 Å². The van der Waals surface area contributed by atoms with Crippen molar-refractivity contribution < 1.29 is 19.0 Å². The van der Waals surface area contributed by atoms with Crippen LogP contribution in [0, 0.1) is 5.92 Å². The summed E-state index contributed by atoms with van der Waals surface area (Å²) in [6, 6.07) is 7.30. The lowest BCUT2D eigenvalue weighted by molar-refractivity contribution is -0.123. The lowest BCUT2D eigenvalue weighted by atomic mass is 10.1. The summed E-state index contributed by atoms with van der Waals surface area (Å²) in [6.45, 7) is 7.27. The molecule has 1 amide bonds. The van der Waals surface area contributed by atoms with Crippen LogP contribution in [0.1, 0.15) is 6.92 Å². The predicted molar refractivity (Wildman–Crippen MR) is 87.9 cm³/mol. The smallest absolute Gasteiger partial charge is 0.257 e. The number of benzene rings is 1. The number of ether oxygens (including phenoxy) is 3. The summed E-state index contributed by atoms with van der Waals surface area (Å²) in [6.07, 6.45) is 0. The van der Waals surface area contributed by atoms with Gasteiger partial charge in [0.1, 0.15) is 0 Å². The Morgan fingerprint density at radius 1 is 1.30 bits per heavy atom. The van der Waals surface area contributed by atoms with Crippen LogP contribution in [0.4, 0.5) is 0 Å². The molecule has 0 aromatic heterocycles. The summed E-state index contributed by atoms with van der Waals surface area (Å²) < 4.78 is 16.0. The predicted octanol–water partition coefficient (Wildman–Crippen LogP) is 1.16. The Balaban J connectivity index is 1.66. The molecule has 1 atom stereocenters. The van der Waals surface area contributed by atoms with Crippen LogP contribution in [0.2, 0.25) is 0 Å². The van der Waals surface area contributed by atoms with Crippen molar-refractivity contribution in [3.05, 3.63) is 24.3 Å². The van der Waals surface area contributed by atoms with Gasteiger partial charge >= 0.3 is 0 Å². The van der Waals surface area contributed by atoms with Crippen LogP contribution < -0.4 is 14.8 Å². The molecule has 1 heterocycles. The lowest BCUT2D eigenvalue weighted by Gasteiger charge is -2.29. The molecule has 0 aliphatic carbocycles. The topological polar surface area (TPSA) is 60.0 Å². The molecule has 0 radical (unpaired) electrons. The molecular weight excluding hydrogens is 296 g/mol. The van der Waals surface area contributed by atoms with Gasteiger partial charge in [-0.25, -0.2) is 0 Å². The molecule has 1 fully saturated rings. The van der Waals surface area contributed by atoms with Gasteiger partial charge in [0.15, 0.2) is 18.1 Å². The lowest BCUT2D eigenvalue weighted by Crippen LogP contribution is -2.42. The molecule has 0 spiro atoms. The second kappa shape index (κ2) is 9.37. The van der Waals surface area contributed by atoms with E-state index in [1.54, 1.807) is 19.2 Å². The Kier molecular flexibility index (Phi) is 7.16. The Labute approximate surface area is 137 Å². The van der Waals surface area contributed by atoms with E-state index >= 15 is 0 Å². The number of morpholine rings is 1. The Morgan fingerprint density at radius 2 is 2.00 bits per heavy atom. The van der Waals surface area contributed by atoms with Gasteiger partial charge in [0, 0.05) is 26.2 Å². The molecule has 128 valence electrons. The fraction of sp³-hybridized carbons (Fsp3) is 0.588. The van der Waals surface area contributed by atoms with Crippen LogP contribution in [0.25, 0.3) is 0 Å². The third kappa shape index (κ3) is 6.08. The van der Waals surface area contributed by atoms with Gasteiger partial charge in [0.2, 0.25) is 0 Å². The van der Waals surface area contributed by atoms with E-state index < -0.39 is 0 Å². The number of amides is 1. The van der Waals surface area contributed by atoms with Gasteiger partial charge in [0.25, 0.3) is 5.91 Å². The second-order valence-corrected chi connectivity index (χ2v) is 5.76. The van der Waals surface area contributed by atoms with Crippen molar-refractivity contribution in [1.29, 1.82) is 0 Å². The molecule has 6 nitrogen and oxygen atoms in total. The maximum atomic E-state index is 11.9. The number of rotatable bonds is 8. The van der Waals surface area contributed by atoms with Crippen LogP contribution in [0.15, 0.2) is 24.3 Å². The summed E-state index contributed by atoms with van der Waals surface area (Å²) in [5, 5.41) is 2.92. The molecular formula is C17H26N2O4. The molecule has 1 aliphatic heterocycles. The van der Waals surface area contributed by atoms with Crippen molar-refractivity contribution in [2.45, 2.75) is 6.92 Å². The first kappa shape index (κ1) is 17.6. The SMILES string of the molecule is COc1ccccc1OCC(=O)NCC(C)CN1CCOCC1. The largest absolute Gasteiger partial charge is 0.493 e. The molecule has 0 bridgehead atoms. The number of carbonyl (C=O) groups excluding carboxylic acids is 1. The van der Waals surface area contributed by atoms with Gasteiger partial charge in [-0.15, -0.1) is 0 Å². The Hall–Kier alpha value is -1.79. The van der Waals surface area contributed by atoms with Crippen molar-refractivity contribution in [2.24, 2.45) is 5.92 Å². The number of para-hydroxylation sites is 2. The molecule has 1 aliphatic rings. The second-order valence-electron chi connectivity index (χ2n) is 5.76. The van der Waals surface area contributed by atoms with Gasteiger partial charge in [-0.05, 0) is 18.1 Å². The van der Waals surface area contributed by atoms with Crippen molar-refractivity contribution in [3.8, 4) is 11.5 Å². The first-order chi connectivity index (χ1) is 11.2. The van der Waals surface area contributed by atoms with E-state index in [-0.39, 0.29) is 12.5 Å². The molecule has 6 heteroatoms. The van der Waals surface area contributed by atoms with Crippen LogP contribution in [0.5, 0.6) is 11.5 Å². The van der Waals surface area contributed by atoms with Crippen molar-refractivity contribution in [1.82, 2.24) is 10.2 Å². The van der Waals surface area contributed by atoms with Crippen LogP contribution in [-0.4, -0.2) is 63.9 Å². The molecule has 1 aromatic rings. The summed E-state index contributed by atoms with van der Waals surface area (Å²) in [7, 11) is 1.58. The maximum Gasteiger partial charge on any atom is 0.257 e.